The van der Waals surface area contributed by atoms with Crippen molar-refractivity contribution >= 4 is 26.0 Å². The Balaban J connectivity index is 1.61. The van der Waals surface area contributed by atoms with Crippen molar-refractivity contribution in [3.63, 3.8) is 0 Å². The normalized spacial score (nSPS) is 39.8. The van der Waals surface area contributed by atoms with Crippen molar-refractivity contribution in [2.24, 2.45) is 22.7 Å². The van der Waals surface area contributed by atoms with Gasteiger partial charge in [0.1, 0.15) is 25.1 Å². The third-order valence-electron chi connectivity index (χ3n) is 10.2. The molecule has 6 atom stereocenters. The third kappa shape index (κ3) is 4.62. The number of epoxide rings is 1. The fourth-order valence-electron chi connectivity index (χ4n) is 6.89. The summed E-state index contributed by atoms with van der Waals surface area (Å²) in [4.78, 5) is 37.5. The largest absolute Gasteiger partial charge is 0.465 e. The number of hydrogen-bond donors (Lipinski definition) is 0. The lowest BCUT2D eigenvalue weighted by Gasteiger charge is -2.58. The van der Waals surface area contributed by atoms with Gasteiger partial charge in [0.15, 0.2) is 8.32 Å². The topological polar surface area (TPSA) is 91.4 Å². The second kappa shape index (κ2) is 9.05. The summed E-state index contributed by atoms with van der Waals surface area (Å²) in [5.74, 6) is -0.233. The summed E-state index contributed by atoms with van der Waals surface area (Å²) in [6, 6.07) is 0. The minimum absolute atomic E-state index is 0.0285. The molecule has 202 valence electrons. The minimum Gasteiger partial charge on any atom is -0.465 e. The van der Waals surface area contributed by atoms with E-state index in [4.69, 9.17) is 18.6 Å². The first-order valence-corrected chi connectivity index (χ1v) is 16.3. The van der Waals surface area contributed by atoms with Gasteiger partial charge in [0.25, 0.3) is 0 Å². The number of esters is 2. The lowest BCUT2D eigenvalue weighted by atomic mass is 9.45. The fraction of sp³-hybridized carbons (Fsp3) is 0.821. The number of carbonyl (C=O) groups excluding carboxylic acids is 3. The van der Waals surface area contributed by atoms with Gasteiger partial charge in [0.05, 0.1) is 23.2 Å². The van der Waals surface area contributed by atoms with E-state index in [1.54, 1.807) is 0 Å². The summed E-state index contributed by atoms with van der Waals surface area (Å²) < 4.78 is 23.6. The zero-order chi connectivity index (χ0) is 26.7. The van der Waals surface area contributed by atoms with E-state index in [0.717, 1.165) is 19.3 Å². The Morgan fingerprint density at radius 3 is 2.44 bits per heavy atom. The lowest BCUT2D eigenvalue weighted by molar-refractivity contribution is -0.169. The predicted octanol–water partition coefficient (Wildman–Crippen LogP) is 4.98. The Morgan fingerprint density at radius 1 is 1.19 bits per heavy atom. The number of rotatable bonds is 6. The molecule has 0 N–H and O–H groups in total. The van der Waals surface area contributed by atoms with Crippen molar-refractivity contribution in [1.29, 1.82) is 0 Å². The molecule has 0 aromatic carbocycles. The Morgan fingerprint density at radius 2 is 1.86 bits per heavy atom. The van der Waals surface area contributed by atoms with Gasteiger partial charge in [-0.3, -0.25) is 9.59 Å². The van der Waals surface area contributed by atoms with Gasteiger partial charge in [-0.1, -0.05) is 33.8 Å². The monoisotopic (exact) mass is 520 g/mol. The minimum atomic E-state index is -2.09. The zero-order valence-corrected chi connectivity index (χ0v) is 24.3. The fourth-order valence-corrected chi connectivity index (χ4v) is 8.15. The van der Waals surface area contributed by atoms with Crippen LogP contribution < -0.4 is 0 Å². The van der Waals surface area contributed by atoms with Gasteiger partial charge in [0, 0.05) is 13.3 Å². The van der Waals surface area contributed by atoms with Gasteiger partial charge in [-0.05, 0) is 68.0 Å². The summed E-state index contributed by atoms with van der Waals surface area (Å²) >= 11 is 0. The molecule has 2 aliphatic heterocycles. The maximum atomic E-state index is 13.2. The van der Waals surface area contributed by atoms with Crippen molar-refractivity contribution in [2.45, 2.75) is 103 Å². The van der Waals surface area contributed by atoms with Gasteiger partial charge in [-0.25, -0.2) is 4.79 Å². The van der Waals surface area contributed by atoms with Crippen LogP contribution >= 0.6 is 0 Å². The predicted molar refractivity (Wildman–Crippen MR) is 138 cm³/mol. The number of Topliss-reactive ketones (excluding diaryl/α,β-unsaturated/α-hetero) is 1. The number of fused-ring (bicyclic) bond motifs is 1. The van der Waals surface area contributed by atoms with Gasteiger partial charge < -0.3 is 18.6 Å². The third-order valence-corrected chi connectivity index (χ3v) is 14.7. The van der Waals surface area contributed by atoms with Gasteiger partial charge in [-0.2, -0.15) is 0 Å². The highest BCUT2D eigenvalue weighted by Gasteiger charge is 2.67. The van der Waals surface area contributed by atoms with Crippen LogP contribution in [0, 0.1) is 22.7 Å². The molecule has 0 radical (unpaired) electrons. The van der Waals surface area contributed by atoms with E-state index >= 15 is 0 Å². The standard InChI is InChI=1S/C28H44O7Si/c1-18(29)33-16-27(6)21-11-14-28(17-34-28)22(26(21,5)13-12-23(27)30)10-9-19-20(15-32-24(19)31)35-36(7,8)25(2,3)4/h9,20-22H,10-17H2,1-8H3/b19-9+/t20-,21+,22+,26-,27+,28+/m1/s1. The van der Waals surface area contributed by atoms with Gasteiger partial charge in [-0.15, -0.1) is 0 Å². The van der Waals surface area contributed by atoms with Crippen molar-refractivity contribution in [3.05, 3.63) is 11.6 Å². The first-order chi connectivity index (χ1) is 16.6. The molecule has 4 fully saturated rings. The molecule has 2 saturated heterocycles. The summed E-state index contributed by atoms with van der Waals surface area (Å²) in [7, 11) is -2.09. The quantitative estimate of drug-likeness (QED) is 0.211. The number of hydrogen-bond acceptors (Lipinski definition) is 7. The number of carbonyl (C=O) groups is 3. The molecule has 4 rings (SSSR count). The molecule has 0 aromatic heterocycles. The number of ketones is 1. The van der Waals surface area contributed by atoms with E-state index in [1.165, 1.54) is 6.92 Å². The van der Waals surface area contributed by atoms with E-state index in [2.05, 4.69) is 40.8 Å². The zero-order valence-electron chi connectivity index (χ0n) is 23.3. The SMILES string of the molecule is CC(=O)OC[C@]1(C)C(=O)CC[C@@]2(C)[C@H](C/C=C3/C(=O)OC[C@H]3O[Si](C)(C)C(C)(C)C)[C@]3(CC[C@@H]21)CO3. The second-order valence-corrected chi connectivity index (χ2v) is 18.2. The van der Waals surface area contributed by atoms with E-state index < -0.39 is 13.7 Å². The second-order valence-electron chi connectivity index (χ2n) is 13.5. The smallest absolute Gasteiger partial charge is 0.336 e. The highest BCUT2D eigenvalue weighted by Crippen LogP contribution is 2.65. The van der Waals surface area contributed by atoms with E-state index in [1.807, 2.05) is 13.0 Å². The first kappa shape index (κ1) is 27.5. The van der Waals surface area contributed by atoms with Gasteiger partial charge >= 0.3 is 11.9 Å². The summed E-state index contributed by atoms with van der Waals surface area (Å²) in [6.07, 6.45) is 5.35. The van der Waals surface area contributed by atoms with Crippen LogP contribution in [0.4, 0.5) is 0 Å². The molecule has 2 aliphatic carbocycles. The first-order valence-electron chi connectivity index (χ1n) is 13.4. The number of cyclic esters (lactones) is 1. The molecule has 0 bridgehead atoms. The molecule has 0 aromatic rings. The molecule has 1 spiro atoms. The van der Waals surface area contributed by atoms with E-state index in [9.17, 15) is 14.4 Å². The molecular weight excluding hydrogens is 476 g/mol. The van der Waals surface area contributed by atoms with Crippen LogP contribution in [0.2, 0.25) is 18.1 Å². The highest BCUT2D eigenvalue weighted by atomic mass is 28.4. The summed E-state index contributed by atoms with van der Waals surface area (Å²) in [5, 5.41) is 0.0285. The lowest BCUT2D eigenvalue weighted by Crippen LogP contribution is -2.59. The van der Waals surface area contributed by atoms with E-state index in [0.29, 0.717) is 25.0 Å². The molecule has 8 heteroatoms. The Kier molecular flexibility index (Phi) is 6.92. The molecule has 7 nitrogen and oxygen atoms in total. The van der Waals surface area contributed by atoms with Crippen molar-refractivity contribution in [1.82, 2.24) is 0 Å². The maximum Gasteiger partial charge on any atom is 0.336 e. The molecule has 36 heavy (non-hydrogen) atoms. The average molecular weight is 521 g/mol. The Hall–Kier alpha value is -1.51. The molecular formula is C28H44O7Si. The Labute approximate surface area is 216 Å². The average Bonchev–Trinajstić information content (AvgIpc) is 3.46. The highest BCUT2D eigenvalue weighted by molar-refractivity contribution is 6.74. The molecule has 2 saturated carbocycles. The van der Waals surface area contributed by atoms with Crippen LogP contribution in [-0.4, -0.2) is 57.6 Å². The van der Waals surface area contributed by atoms with E-state index in [-0.39, 0.29) is 64.9 Å². The number of allylic oxidation sites excluding steroid dienone is 1. The summed E-state index contributed by atoms with van der Waals surface area (Å²) in [5.41, 5.74) is -0.465. The van der Waals surface area contributed by atoms with Gasteiger partial charge in [0.2, 0.25) is 0 Å². The van der Waals surface area contributed by atoms with Crippen LogP contribution in [0.1, 0.15) is 73.6 Å². The van der Waals surface area contributed by atoms with Crippen molar-refractivity contribution in [2.75, 3.05) is 19.8 Å². The van der Waals surface area contributed by atoms with Crippen LogP contribution in [0.25, 0.3) is 0 Å². The maximum absolute atomic E-state index is 13.2. The summed E-state index contributed by atoms with van der Waals surface area (Å²) in [6.45, 7) is 17.7. The van der Waals surface area contributed by atoms with Crippen molar-refractivity contribution in [3.8, 4) is 0 Å². The molecule has 2 heterocycles. The number of ether oxygens (including phenoxy) is 3. The van der Waals surface area contributed by atoms with Crippen LogP contribution in [-0.2, 0) is 33.0 Å². The molecule has 4 aliphatic rings. The van der Waals surface area contributed by atoms with Crippen LogP contribution in [0.3, 0.4) is 0 Å². The Bertz CT molecular complexity index is 959. The van der Waals surface area contributed by atoms with Crippen LogP contribution in [0.5, 0.6) is 0 Å². The van der Waals surface area contributed by atoms with Crippen LogP contribution in [0.15, 0.2) is 11.6 Å². The molecule has 0 unspecified atom stereocenters. The molecule has 0 amide bonds. The van der Waals surface area contributed by atoms with Crippen molar-refractivity contribution < 1.29 is 33.0 Å².